The predicted octanol–water partition coefficient (Wildman–Crippen LogP) is 3.36. The fourth-order valence-corrected chi connectivity index (χ4v) is 2.75. The maximum Gasteiger partial charge on any atom is 0.160 e. The van der Waals surface area contributed by atoms with E-state index >= 15 is 0 Å². The van der Waals surface area contributed by atoms with Crippen LogP contribution in [0.15, 0.2) is 0 Å². The van der Waals surface area contributed by atoms with Crippen molar-refractivity contribution >= 4 is 0 Å². The van der Waals surface area contributed by atoms with Gasteiger partial charge in [0.25, 0.3) is 0 Å². The molecule has 1 aliphatic heterocycles. The number of hydrogen-bond donors (Lipinski definition) is 0. The van der Waals surface area contributed by atoms with Gasteiger partial charge in [0.05, 0.1) is 19.1 Å². The Hall–Kier alpha value is -0.660. The number of alkyl halides is 2. The largest absolute Gasteiger partial charge is 0.352 e. The average Bonchev–Trinajstić information content (AvgIpc) is 2.38. The fraction of sp³-hybridized carbons (Fsp3) is 0.875. The summed E-state index contributed by atoms with van der Waals surface area (Å²) in [5.74, 6) is 5.14. The quantitative estimate of drug-likeness (QED) is 0.688. The molecule has 1 aliphatic carbocycles. The summed E-state index contributed by atoms with van der Waals surface area (Å²) >= 11 is 0. The monoisotopic (exact) mass is 286 g/mol. The van der Waals surface area contributed by atoms with E-state index in [0.717, 1.165) is 0 Å². The Morgan fingerprint density at radius 1 is 1.05 bits per heavy atom. The molecule has 1 saturated heterocycles. The van der Waals surface area contributed by atoms with E-state index in [2.05, 4.69) is 11.8 Å². The summed E-state index contributed by atoms with van der Waals surface area (Å²) in [5.41, 5.74) is 0. The molecule has 2 aliphatic rings. The zero-order valence-electron chi connectivity index (χ0n) is 12.4. The topological polar surface area (TPSA) is 18.5 Å². The van der Waals surface area contributed by atoms with Crippen molar-refractivity contribution in [1.82, 2.24) is 0 Å². The Kier molecular flexibility index (Phi) is 5.40. The summed E-state index contributed by atoms with van der Waals surface area (Å²) in [5, 5.41) is 0. The Balaban J connectivity index is 1.94. The summed E-state index contributed by atoms with van der Waals surface area (Å²) in [6.07, 6.45) is -2.38. The highest BCUT2D eigenvalue weighted by molar-refractivity contribution is 5.11. The van der Waals surface area contributed by atoms with Crippen LogP contribution >= 0.6 is 0 Å². The lowest BCUT2D eigenvalue weighted by molar-refractivity contribution is -0.232. The van der Waals surface area contributed by atoms with Crippen LogP contribution in [0.1, 0.15) is 33.6 Å². The van der Waals surface area contributed by atoms with Crippen molar-refractivity contribution in [2.24, 2.45) is 23.7 Å². The highest BCUT2D eigenvalue weighted by Gasteiger charge is 2.42. The van der Waals surface area contributed by atoms with E-state index in [-0.39, 0.29) is 24.7 Å². The van der Waals surface area contributed by atoms with E-state index in [1.54, 1.807) is 0 Å². The van der Waals surface area contributed by atoms with Gasteiger partial charge in [-0.05, 0) is 12.8 Å². The van der Waals surface area contributed by atoms with Gasteiger partial charge in [-0.1, -0.05) is 32.6 Å². The number of rotatable bonds is 1. The molecule has 2 atom stereocenters. The second-order valence-corrected chi connectivity index (χ2v) is 6.37. The molecule has 0 bridgehead atoms. The minimum absolute atomic E-state index is 0.138. The molecule has 0 aromatic carbocycles. The normalized spacial score (nSPS) is 42.1. The molecule has 2 unspecified atom stereocenters. The standard InChI is InChI=1S/C16H24F2O2/c1-10(2)4-5-13-14(17)6-12(7-15(13)18)16-19-8-11(3)9-20-16/h10-16H,6-9H2,1-3H3. The summed E-state index contributed by atoms with van der Waals surface area (Å²) in [4.78, 5) is 0. The third-order valence-electron chi connectivity index (χ3n) is 3.85. The third-order valence-corrected chi connectivity index (χ3v) is 3.85. The lowest BCUT2D eigenvalue weighted by atomic mass is 9.79. The van der Waals surface area contributed by atoms with E-state index in [1.165, 1.54) is 0 Å². The van der Waals surface area contributed by atoms with Crippen LogP contribution in [0.3, 0.4) is 0 Å². The van der Waals surface area contributed by atoms with Gasteiger partial charge in [0, 0.05) is 17.8 Å². The maximum atomic E-state index is 14.2. The second kappa shape index (κ2) is 6.87. The molecule has 4 heteroatoms. The first-order valence-corrected chi connectivity index (χ1v) is 7.49. The molecule has 0 aromatic rings. The van der Waals surface area contributed by atoms with Gasteiger partial charge in [-0.25, -0.2) is 8.78 Å². The van der Waals surface area contributed by atoms with Gasteiger partial charge < -0.3 is 9.47 Å². The lowest BCUT2D eigenvalue weighted by Crippen LogP contribution is -2.43. The van der Waals surface area contributed by atoms with Crippen LogP contribution in [0.5, 0.6) is 0 Å². The molecule has 0 amide bonds. The molecular weight excluding hydrogens is 262 g/mol. The number of ether oxygens (including phenoxy) is 2. The fourth-order valence-electron chi connectivity index (χ4n) is 2.75. The smallest absolute Gasteiger partial charge is 0.160 e. The lowest BCUT2D eigenvalue weighted by Gasteiger charge is -2.38. The van der Waals surface area contributed by atoms with Crippen molar-refractivity contribution < 1.29 is 18.3 Å². The zero-order valence-corrected chi connectivity index (χ0v) is 12.4. The number of hydrogen-bond acceptors (Lipinski definition) is 2. The molecule has 1 saturated carbocycles. The first-order chi connectivity index (χ1) is 9.47. The Bertz CT molecular complexity index is 354. The van der Waals surface area contributed by atoms with Gasteiger partial charge in [-0.3, -0.25) is 0 Å². The van der Waals surface area contributed by atoms with Gasteiger partial charge in [-0.2, -0.15) is 0 Å². The molecule has 2 nitrogen and oxygen atoms in total. The SMILES string of the molecule is CC(C)C#CC1C(F)CC(C2OCC(C)CO2)CC1F. The van der Waals surface area contributed by atoms with E-state index in [0.29, 0.717) is 19.1 Å². The number of halogens is 2. The Labute approximate surface area is 120 Å². The van der Waals surface area contributed by atoms with E-state index in [1.807, 2.05) is 20.8 Å². The van der Waals surface area contributed by atoms with Crippen LogP contribution in [0, 0.1) is 35.5 Å². The first kappa shape index (κ1) is 15.7. The van der Waals surface area contributed by atoms with Crippen molar-refractivity contribution in [2.45, 2.75) is 52.2 Å². The van der Waals surface area contributed by atoms with Gasteiger partial charge in [0.1, 0.15) is 12.3 Å². The highest BCUT2D eigenvalue weighted by Crippen LogP contribution is 2.37. The van der Waals surface area contributed by atoms with Crippen molar-refractivity contribution in [2.75, 3.05) is 13.2 Å². The second-order valence-electron chi connectivity index (χ2n) is 6.37. The average molecular weight is 286 g/mol. The van der Waals surface area contributed by atoms with Crippen molar-refractivity contribution in [3.05, 3.63) is 0 Å². The highest BCUT2D eigenvalue weighted by atomic mass is 19.1. The molecule has 0 N–H and O–H groups in total. The third kappa shape index (κ3) is 3.93. The molecule has 114 valence electrons. The van der Waals surface area contributed by atoms with Crippen molar-refractivity contribution in [1.29, 1.82) is 0 Å². The molecule has 2 rings (SSSR count). The van der Waals surface area contributed by atoms with E-state index in [4.69, 9.17) is 9.47 Å². The predicted molar refractivity (Wildman–Crippen MR) is 73.5 cm³/mol. The van der Waals surface area contributed by atoms with Gasteiger partial charge in [0.15, 0.2) is 6.29 Å². The van der Waals surface area contributed by atoms with Crippen LogP contribution in [-0.4, -0.2) is 31.8 Å². The zero-order chi connectivity index (χ0) is 14.7. The molecule has 2 fully saturated rings. The Morgan fingerprint density at radius 2 is 1.60 bits per heavy atom. The van der Waals surface area contributed by atoms with Crippen molar-refractivity contribution in [3.63, 3.8) is 0 Å². The maximum absolute atomic E-state index is 14.2. The Morgan fingerprint density at radius 3 is 2.10 bits per heavy atom. The van der Waals surface area contributed by atoms with Crippen LogP contribution in [0.2, 0.25) is 0 Å². The van der Waals surface area contributed by atoms with E-state index in [9.17, 15) is 8.78 Å². The minimum Gasteiger partial charge on any atom is -0.352 e. The minimum atomic E-state index is -1.23. The van der Waals surface area contributed by atoms with Crippen LogP contribution in [0.25, 0.3) is 0 Å². The van der Waals surface area contributed by atoms with Crippen molar-refractivity contribution in [3.8, 4) is 11.8 Å². The molecular formula is C16H24F2O2. The molecule has 1 heterocycles. The summed E-state index contributed by atoms with van der Waals surface area (Å²) < 4.78 is 39.5. The van der Waals surface area contributed by atoms with Gasteiger partial charge in [-0.15, -0.1) is 0 Å². The van der Waals surface area contributed by atoms with Crippen LogP contribution < -0.4 is 0 Å². The van der Waals surface area contributed by atoms with Gasteiger partial charge in [0.2, 0.25) is 0 Å². The van der Waals surface area contributed by atoms with Crippen LogP contribution in [0.4, 0.5) is 8.78 Å². The molecule has 0 spiro atoms. The molecule has 0 aromatic heterocycles. The summed E-state index contributed by atoms with van der Waals surface area (Å²) in [6, 6.07) is 0. The van der Waals surface area contributed by atoms with Gasteiger partial charge >= 0.3 is 0 Å². The molecule has 0 radical (unpaired) electrons. The summed E-state index contributed by atoms with van der Waals surface area (Å²) in [6.45, 7) is 7.08. The molecule has 20 heavy (non-hydrogen) atoms. The summed E-state index contributed by atoms with van der Waals surface area (Å²) in [7, 11) is 0. The first-order valence-electron chi connectivity index (χ1n) is 7.49. The van der Waals surface area contributed by atoms with Crippen LogP contribution in [-0.2, 0) is 9.47 Å². The van der Waals surface area contributed by atoms with E-state index < -0.39 is 24.6 Å².